The summed E-state index contributed by atoms with van der Waals surface area (Å²) < 4.78 is 10.9. The van der Waals surface area contributed by atoms with Crippen LogP contribution in [0.15, 0.2) is 39.7 Å². The second kappa shape index (κ2) is 10.2. The van der Waals surface area contributed by atoms with E-state index in [1.807, 2.05) is 51.1 Å². The van der Waals surface area contributed by atoms with Crippen molar-refractivity contribution in [1.82, 2.24) is 10.6 Å². The van der Waals surface area contributed by atoms with Crippen LogP contribution < -0.4 is 15.4 Å². The summed E-state index contributed by atoms with van der Waals surface area (Å²) in [6, 6.07) is 9.99. The molecule has 0 radical (unpaired) electrons. The number of ether oxygens (including phenoxy) is 1. The molecule has 1 heterocycles. The van der Waals surface area contributed by atoms with E-state index in [2.05, 4.69) is 15.6 Å². The van der Waals surface area contributed by atoms with E-state index in [9.17, 15) is 0 Å². The summed E-state index contributed by atoms with van der Waals surface area (Å²) in [4.78, 5) is 4.62. The van der Waals surface area contributed by atoms with Gasteiger partial charge in [-0.05, 0) is 32.9 Å². The van der Waals surface area contributed by atoms with E-state index in [1.54, 1.807) is 7.11 Å². The Morgan fingerprint density at radius 3 is 2.54 bits per heavy atom. The first-order valence-electron chi connectivity index (χ1n) is 7.84. The Bertz CT molecular complexity index is 668. The van der Waals surface area contributed by atoms with E-state index in [-0.39, 0.29) is 24.0 Å². The van der Waals surface area contributed by atoms with Crippen LogP contribution in [0.1, 0.15) is 29.6 Å². The number of aryl methyl sites for hydroxylation is 2. The highest BCUT2D eigenvalue weighted by Crippen LogP contribution is 2.17. The third kappa shape index (κ3) is 5.74. The number of nitrogens with zero attached hydrogens (tertiary/aromatic N) is 1. The van der Waals surface area contributed by atoms with Crippen molar-refractivity contribution in [2.45, 2.75) is 33.9 Å². The Morgan fingerprint density at radius 1 is 1.17 bits per heavy atom. The van der Waals surface area contributed by atoms with Gasteiger partial charge in [-0.1, -0.05) is 18.2 Å². The van der Waals surface area contributed by atoms with Gasteiger partial charge in [-0.2, -0.15) is 0 Å². The van der Waals surface area contributed by atoms with Gasteiger partial charge < -0.3 is 19.8 Å². The molecule has 0 bridgehead atoms. The number of rotatable bonds is 6. The summed E-state index contributed by atoms with van der Waals surface area (Å²) in [5, 5.41) is 6.59. The third-order valence-electron chi connectivity index (χ3n) is 3.53. The zero-order valence-electron chi connectivity index (χ0n) is 14.7. The van der Waals surface area contributed by atoms with Gasteiger partial charge in [0.2, 0.25) is 0 Å². The van der Waals surface area contributed by atoms with Crippen molar-refractivity contribution in [2.24, 2.45) is 4.99 Å². The van der Waals surface area contributed by atoms with Crippen molar-refractivity contribution in [3.63, 3.8) is 0 Å². The average Bonchev–Trinajstić information content (AvgIpc) is 2.88. The maximum atomic E-state index is 5.54. The van der Waals surface area contributed by atoms with Crippen molar-refractivity contribution in [2.75, 3.05) is 13.7 Å². The first-order valence-corrected chi connectivity index (χ1v) is 7.84. The van der Waals surface area contributed by atoms with Crippen LogP contribution in [-0.4, -0.2) is 19.6 Å². The summed E-state index contributed by atoms with van der Waals surface area (Å²) in [5.74, 6) is 3.49. The molecule has 1 aromatic heterocycles. The second-order valence-corrected chi connectivity index (χ2v) is 5.30. The number of halogens is 1. The van der Waals surface area contributed by atoms with E-state index < -0.39 is 0 Å². The molecular formula is C18H26IN3O2. The fourth-order valence-corrected chi connectivity index (χ4v) is 2.37. The van der Waals surface area contributed by atoms with Gasteiger partial charge in [0.05, 0.1) is 13.7 Å². The van der Waals surface area contributed by atoms with Gasteiger partial charge in [0.25, 0.3) is 0 Å². The van der Waals surface area contributed by atoms with Crippen LogP contribution in [0, 0.1) is 13.8 Å². The summed E-state index contributed by atoms with van der Waals surface area (Å²) in [6.45, 7) is 8.01. The fraction of sp³-hybridized carbons (Fsp3) is 0.389. The molecule has 0 amide bonds. The molecule has 1 aromatic carbocycles. The van der Waals surface area contributed by atoms with Crippen LogP contribution in [0.5, 0.6) is 5.75 Å². The number of benzene rings is 1. The van der Waals surface area contributed by atoms with Gasteiger partial charge in [-0.25, -0.2) is 4.99 Å². The summed E-state index contributed by atoms with van der Waals surface area (Å²) >= 11 is 0. The average molecular weight is 443 g/mol. The number of aliphatic imine (C=N–C) groups is 1. The lowest BCUT2D eigenvalue weighted by Crippen LogP contribution is -2.36. The van der Waals surface area contributed by atoms with E-state index in [1.165, 1.54) is 0 Å². The highest BCUT2D eigenvalue weighted by atomic mass is 127. The van der Waals surface area contributed by atoms with E-state index in [0.29, 0.717) is 13.1 Å². The van der Waals surface area contributed by atoms with E-state index in [0.717, 1.165) is 40.9 Å². The molecule has 2 aromatic rings. The molecule has 0 spiro atoms. The molecule has 0 atom stereocenters. The molecule has 0 saturated heterocycles. The lowest BCUT2D eigenvalue weighted by molar-refractivity contribution is 0.409. The van der Waals surface area contributed by atoms with Crippen molar-refractivity contribution in [3.05, 3.63) is 53.0 Å². The molecule has 2 rings (SSSR count). The lowest BCUT2D eigenvalue weighted by Gasteiger charge is -2.13. The maximum Gasteiger partial charge on any atom is 0.191 e. The standard InChI is InChI=1S/C18H25N3O2.HI/c1-5-19-18(21-12-16-10-13(2)23-14(16)3)20-11-15-8-6-7-9-17(15)22-4;/h6-10H,5,11-12H2,1-4H3,(H2,19,20,21);1H. The van der Waals surface area contributed by atoms with Crippen molar-refractivity contribution >= 4 is 29.9 Å². The largest absolute Gasteiger partial charge is 0.496 e. The molecule has 0 unspecified atom stereocenters. The molecule has 0 aliphatic rings. The molecule has 6 heteroatoms. The van der Waals surface area contributed by atoms with Crippen molar-refractivity contribution in [3.8, 4) is 5.75 Å². The van der Waals surface area contributed by atoms with E-state index in [4.69, 9.17) is 9.15 Å². The lowest BCUT2D eigenvalue weighted by atomic mass is 10.2. The first-order chi connectivity index (χ1) is 11.1. The van der Waals surface area contributed by atoms with Gasteiger partial charge in [0, 0.05) is 24.2 Å². The Kier molecular flexibility index (Phi) is 8.67. The molecule has 0 fully saturated rings. The van der Waals surface area contributed by atoms with Crippen LogP contribution >= 0.6 is 24.0 Å². The van der Waals surface area contributed by atoms with Crippen LogP contribution in [0.3, 0.4) is 0 Å². The number of para-hydroxylation sites is 1. The van der Waals surface area contributed by atoms with Gasteiger partial charge >= 0.3 is 0 Å². The topological polar surface area (TPSA) is 58.8 Å². The van der Waals surface area contributed by atoms with Crippen LogP contribution in [-0.2, 0) is 13.1 Å². The van der Waals surface area contributed by atoms with Crippen LogP contribution in [0.4, 0.5) is 0 Å². The van der Waals surface area contributed by atoms with E-state index >= 15 is 0 Å². The minimum atomic E-state index is 0. The number of methoxy groups -OCH3 is 1. The molecule has 0 aliphatic carbocycles. The third-order valence-corrected chi connectivity index (χ3v) is 3.53. The molecule has 2 N–H and O–H groups in total. The number of nitrogens with one attached hydrogen (secondary N) is 2. The molecule has 0 saturated carbocycles. The summed E-state index contributed by atoms with van der Waals surface area (Å²) in [6.07, 6.45) is 0. The van der Waals surface area contributed by atoms with Gasteiger partial charge in [-0.15, -0.1) is 24.0 Å². The predicted molar refractivity (Wildman–Crippen MR) is 108 cm³/mol. The van der Waals surface area contributed by atoms with Gasteiger partial charge in [-0.3, -0.25) is 0 Å². The molecule has 132 valence electrons. The Morgan fingerprint density at radius 2 is 1.92 bits per heavy atom. The summed E-state index contributed by atoms with van der Waals surface area (Å²) in [7, 11) is 1.68. The van der Waals surface area contributed by atoms with Crippen molar-refractivity contribution in [1.29, 1.82) is 0 Å². The zero-order chi connectivity index (χ0) is 16.7. The quantitative estimate of drug-likeness (QED) is 0.406. The fourth-order valence-electron chi connectivity index (χ4n) is 2.37. The highest BCUT2D eigenvalue weighted by molar-refractivity contribution is 14.0. The molecule has 5 nitrogen and oxygen atoms in total. The monoisotopic (exact) mass is 443 g/mol. The van der Waals surface area contributed by atoms with Crippen LogP contribution in [0.2, 0.25) is 0 Å². The zero-order valence-corrected chi connectivity index (χ0v) is 17.0. The Labute approximate surface area is 160 Å². The maximum absolute atomic E-state index is 5.54. The number of hydrogen-bond donors (Lipinski definition) is 2. The first kappa shape index (κ1) is 20.3. The SMILES string of the molecule is CCNC(=NCc1cc(C)oc1C)NCc1ccccc1OC.I. The highest BCUT2D eigenvalue weighted by Gasteiger charge is 2.06. The van der Waals surface area contributed by atoms with Gasteiger partial charge in [0.1, 0.15) is 17.3 Å². The Hall–Kier alpha value is -1.70. The van der Waals surface area contributed by atoms with Crippen LogP contribution in [0.25, 0.3) is 0 Å². The smallest absolute Gasteiger partial charge is 0.191 e. The normalized spacial score (nSPS) is 10.9. The number of guanidine groups is 1. The van der Waals surface area contributed by atoms with Gasteiger partial charge in [0.15, 0.2) is 5.96 Å². The summed E-state index contributed by atoms with van der Waals surface area (Å²) in [5.41, 5.74) is 2.20. The molecule has 24 heavy (non-hydrogen) atoms. The van der Waals surface area contributed by atoms with Crippen molar-refractivity contribution < 1.29 is 9.15 Å². The second-order valence-electron chi connectivity index (χ2n) is 5.30. The number of furan rings is 1. The Balaban J connectivity index is 0.00000288. The predicted octanol–water partition coefficient (Wildman–Crippen LogP) is 3.78. The minimum Gasteiger partial charge on any atom is -0.496 e. The number of hydrogen-bond acceptors (Lipinski definition) is 3. The molecule has 0 aliphatic heterocycles. The minimum absolute atomic E-state index is 0. The molecular weight excluding hydrogens is 417 g/mol.